The van der Waals surface area contributed by atoms with Gasteiger partial charge in [-0.2, -0.15) is 16.9 Å². The molecule has 1 aromatic rings. The van der Waals surface area contributed by atoms with E-state index in [1.54, 1.807) is 11.8 Å². The van der Waals surface area contributed by atoms with Crippen LogP contribution in [0.4, 0.5) is 0 Å². The van der Waals surface area contributed by atoms with E-state index in [1.165, 1.54) is 5.56 Å². The third-order valence-electron chi connectivity index (χ3n) is 3.88. The lowest BCUT2D eigenvalue weighted by Gasteiger charge is -2.21. The molecule has 2 heterocycles. The van der Waals surface area contributed by atoms with E-state index in [0.29, 0.717) is 12.3 Å². The fourth-order valence-corrected chi connectivity index (χ4v) is 3.02. The first-order chi connectivity index (χ1) is 10.2. The molecule has 0 atom stereocenters. The molecule has 0 radical (unpaired) electrons. The normalized spacial score (nSPS) is 17.0. The summed E-state index contributed by atoms with van der Waals surface area (Å²) >= 11 is 1.74. The van der Waals surface area contributed by atoms with Crippen molar-refractivity contribution >= 4 is 17.7 Å². The topological polar surface area (TPSA) is 41.4 Å². The molecule has 118 valence electrons. The van der Waals surface area contributed by atoms with E-state index in [1.807, 2.05) is 22.0 Å². The van der Waals surface area contributed by atoms with Crippen molar-refractivity contribution in [2.45, 2.75) is 32.9 Å². The van der Waals surface area contributed by atoms with Crippen LogP contribution in [0.2, 0.25) is 0 Å². The van der Waals surface area contributed by atoms with Gasteiger partial charge in [-0.1, -0.05) is 0 Å². The van der Waals surface area contributed by atoms with Crippen molar-refractivity contribution in [2.24, 2.45) is 0 Å². The van der Waals surface area contributed by atoms with Crippen molar-refractivity contribution in [1.29, 1.82) is 0 Å². The molecule has 0 aliphatic carbocycles. The summed E-state index contributed by atoms with van der Waals surface area (Å²) in [6, 6.07) is 0. The lowest BCUT2D eigenvalue weighted by Crippen LogP contribution is -2.35. The Hall–Kier alpha value is -1.01. The summed E-state index contributed by atoms with van der Waals surface area (Å²) in [7, 11) is 0. The van der Waals surface area contributed by atoms with Gasteiger partial charge in [0.15, 0.2) is 0 Å². The van der Waals surface area contributed by atoms with Crippen molar-refractivity contribution in [1.82, 2.24) is 19.6 Å². The van der Waals surface area contributed by atoms with Crippen molar-refractivity contribution in [3.63, 3.8) is 0 Å². The zero-order valence-corrected chi connectivity index (χ0v) is 13.9. The number of nitrogens with zero attached hydrogens (tertiary/aromatic N) is 4. The number of hydrogen-bond acceptors (Lipinski definition) is 4. The number of carbonyl (C=O) groups is 1. The number of amides is 1. The minimum absolute atomic E-state index is 0.310. The third-order valence-corrected chi connectivity index (χ3v) is 4.49. The number of rotatable bonds is 6. The standard InChI is InChI=1S/C15H26N4OS/c1-3-19-13-14(11-16-19)12-17-6-4-7-18(9-8-17)15(20)5-10-21-2/h11,13H,3-10,12H2,1-2H3. The highest BCUT2D eigenvalue weighted by molar-refractivity contribution is 7.98. The Morgan fingerprint density at radius 1 is 1.33 bits per heavy atom. The van der Waals surface area contributed by atoms with Gasteiger partial charge in [0, 0.05) is 63.2 Å². The van der Waals surface area contributed by atoms with Crippen LogP contribution in [0.1, 0.15) is 25.3 Å². The second-order valence-electron chi connectivity index (χ2n) is 5.46. The number of carbonyl (C=O) groups excluding carboxylic acids is 1. The Balaban J connectivity index is 1.81. The van der Waals surface area contributed by atoms with E-state index in [-0.39, 0.29) is 0 Å². The van der Waals surface area contributed by atoms with Crippen LogP contribution in [0.25, 0.3) is 0 Å². The maximum atomic E-state index is 12.1. The number of aryl methyl sites for hydroxylation is 1. The van der Waals surface area contributed by atoms with E-state index in [2.05, 4.69) is 23.1 Å². The SMILES string of the molecule is CCn1cc(CN2CCCN(C(=O)CCSC)CC2)cn1. The summed E-state index contributed by atoms with van der Waals surface area (Å²) < 4.78 is 1.96. The zero-order valence-electron chi connectivity index (χ0n) is 13.1. The smallest absolute Gasteiger partial charge is 0.223 e. The summed E-state index contributed by atoms with van der Waals surface area (Å²) in [6.45, 7) is 7.73. The summed E-state index contributed by atoms with van der Waals surface area (Å²) in [6.07, 6.45) is 7.85. The first kappa shape index (κ1) is 16.4. The fraction of sp³-hybridized carbons (Fsp3) is 0.733. The van der Waals surface area contributed by atoms with Crippen LogP contribution in [0.5, 0.6) is 0 Å². The van der Waals surface area contributed by atoms with Crippen LogP contribution in [0.15, 0.2) is 12.4 Å². The monoisotopic (exact) mass is 310 g/mol. The fourth-order valence-electron chi connectivity index (χ4n) is 2.65. The minimum Gasteiger partial charge on any atom is -0.341 e. The Bertz CT molecular complexity index is 449. The van der Waals surface area contributed by atoms with Gasteiger partial charge in [0.25, 0.3) is 0 Å². The van der Waals surface area contributed by atoms with Gasteiger partial charge in [0.2, 0.25) is 5.91 Å². The van der Waals surface area contributed by atoms with Crippen LogP contribution in [-0.4, -0.2) is 63.7 Å². The summed E-state index contributed by atoms with van der Waals surface area (Å²) in [5, 5.41) is 4.32. The highest BCUT2D eigenvalue weighted by Crippen LogP contribution is 2.10. The van der Waals surface area contributed by atoms with Crippen LogP contribution in [0, 0.1) is 0 Å². The zero-order chi connectivity index (χ0) is 15.1. The molecular formula is C15H26N4OS. The Morgan fingerprint density at radius 3 is 2.90 bits per heavy atom. The molecule has 0 aromatic carbocycles. The second-order valence-corrected chi connectivity index (χ2v) is 6.44. The first-order valence-electron chi connectivity index (χ1n) is 7.73. The van der Waals surface area contributed by atoms with Crippen molar-refractivity contribution in [2.75, 3.05) is 38.2 Å². The maximum Gasteiger partial charge on any atom is 0.223 e. The van der Waals surface area contributed by atoms with Gasteiger partial charge in [-0.3, -0.25) is 14.4 Å². The van der Waals surface area contributed by atoms with Gasteiger partial charge in [0.05, 0.1) is 6.20 Å². The van der Waals surface area contributed by atoms with E-state index >= 15 is 0 Å². The van der Waals surface area contributed by atoms with E-state index in [4.69, 9.17) is 0 Å². The van der Waals surface area contributed by atoms with Gasteiger partial charge in [0.1, 0.15) is 0 Å². The number of thioether (sulfide) groups is 1. The summed E-state index contributed by atoms with van der Waals surface area (Å²) in [5.74, 6) is 1.24. The number of aromatic nitrogens is 2. The molecule has 0 saturated carbocycles. The van der Waals surface area contributed by atoms with Gasteiger partial charge < -0.3 is 4.90 Å². The minimum atomic E-state index is 0.310. The molecule has 5 nitrogen and oxygen atoms in total. The molecule has 1 aliphatic rings. The molecule has 0 bridgehead atoms. The average Bonchev–Trinajstić information content (AvgIpc) is 2.82. The van der Waals surface area contributed by atoms with Crippen LogP contribution in [0.3, 0.4) is 0 Å². The quantitative estimate of drug-likeness (QED) is 0.802. The average molecular weight is 310 g/mol. The first-order valence-corrected chi connectivity index (χ1v) is 9.12. The van der Waals surface area contributed by atoms with Crippen LogP contribution in [-0.2, 0) is 17.9 Å². The molecule has 1 aromatic heterocycles. The third kappa shape index (κ3) is 5.04. The molecule has 6 heteroatoms. The van der Waals surface area contributed by atoms with Gasteiger partial charge in [-0.05, 0) is 19.6 Å². The molecule has 1 fully saturated rings. The number of hydrogen-bond donors (Lipinski definition) is 0. The van der Waals surface area contributed by atoms with E-state index < -0.39 is 0 Å². The maximum absolute atomic E-state index is 12.1. The highest BCUT2D eigenvalue weighted by atomic mass is 32.2. The lowest BCUT2D eigenvalue weighted by molar-refractivity contribution is -0.130. The van der Waals surface area contributed by atoms with Crippen LogP contribution < -0.4 is 0 Å². The predicted molar refractivity (Wildman–Crippen MR) is 87.4 cm³/mol. The summed E-state index contributed by atoms with van der Waals surface area (Å²) in [4.78, 5) is 16.6. The molecule has 1 saturated heterocycles. The Morgan fingerprint density at radius 2 is 2.19 bits per heavy atom. The predicted octanol–water partition coefficient (Wildman–Crippen LogP) is 1.69. The molecule has 21 heavy (non-hydrogen) atoms. The Labute approximate surface area is 131 Å². The lowest BCUT2D eigenvalue weighted by atomic mass is 10.3. The van der Waals surface area contributed by atoms with Gasteiger partial charge >= 0.3 is 0 Å². The molecule has 2 rings (SSSR count). The van der Waals surface area contributed by atoms with Crippen molar-refractivity contribution in [3.05, 3.63) is 18.0 Å². The molecule has 1 aliphatic heterocycles. The molecule has 0 N–H and O–H groups in total. The van der Waals surface area contributed by atoms with Gasteiger partial charge in [-0.25, -0.2) is 0 Å². The van der Waals surface area contributed by atoms with Crippen molar-refractivity contribution in [3.8, 4) is 0 Å². The highest BCUT2D eigenvalue weighted by Gasteiger charge is 2.19. The van der Waals surface area contributed by atoms with Crippen LogP contribution >= 0.6 is 11.8 Å². The largest absolute Gasteiger partial charge is 0.341 e. The molecule has 0 unspecified atom stereocenters. The second kappa shape index (κ2) is 8.44. The summed E-state index contributed by atoms with van der Waals surface area (Å²) in [5.41, 5.74) is 1.26. The molecule has 1 amide bonds. The molecule has 0 spiro atoms. The van der Waals surface area contributed by atoms with Crippen molar-refractivity contribution < 1.29 is 4.79 Å². The van der Waals surface area contributed by atoms with Gasteiger partial charge in [-0.15, -0.1) is 0 Å². The van der Waals surface area contributed by atoms with E-state index in [9.17, 15) is 4.79 Å². The Kier molecular flexibility index (Phi) is 6.57. The molecular weight excluding hydrogens is 284 g/mol. The van der Waals surface area contributed by atoms with E-state index in [0.717, 1.165) is 51.4 Å².